The Bertz CT molecular complexity index is 536. The number of carboxylic acids is 1. The van der Waals surface area contributed by atoms with Crippen LogP contribution in [0, 0.1) is 5.82 Å². The van der Waals surface area contributed by atoms with Crippen LogP contribution < -0.4 is 5.73 Å². The van der Waals surface area contributed by atoms with Crippen molar-refractivity contribution in [3.05, 3.63) is 45.6 Å². The van der Waals surface area contributed by atoms with E-state index in [1.54, 1.807) is 6.08 Å². The van der Waals surface area contributed by atoms with Crippen LogP contribution in [-0.2, 0) is 0 Å². The summed E-state index contributed by atoms with van der Waals surface area (Å²) in [5.74, 6) is -1.95. The number of halogens is 1. The first kappa shape index (κ1) is 13.5. The van der Waals surface area contributed by atoms with Gasteiger partial charge in [-0.3, -0.25) is 0 Å². The van der Waals surface area contributed by atoms with Crippen molar-refractivity contribution >= 4 is 17.7 Å². The summed E-state index contributed by atoms with van der Waals surface area (Å²) in [6.45, 7) is 0.272. The first-order valence-corrected chi connectivity index (χ1v) is 5.06. The van der Waals surface area contributed by atoms with E-state index < -0.39 is 11.8 Å². The molecule has 0 atom stereocenters. The molecule has 94 valence electrons. The van der Waals surface area contributed by atoms with Crippen LogP contribution in [0.4, 0.5) is 10.1 Å². The third kappa shape index (κ3) is 3.50. The normalized spacial score (nSPS) is 10.3. The molecule has 0 fully saturated rings. The van der Waals surface area contributed by atoms with Gasteiger partial charge in [0.25, 0.3) is 0 Å². The molecule has 0 radical (unpaired) electrons. The van der Waals surface area contributed by atoms with Gasteiger partial charge in [-0.1, -0.05) is 17.3 Å². The van der Waals surface area contributed by atoms with E-state index in [1.165, 1.54) is 6.08 Å². The number of benzene rings is 1. The van der Waals surface area contributed by atoms with Gasteiger partial charge < -0.3 is 10.8 Å². The minimum absolute atomic E-state index is 0.00364. The summed E-state index contributed by atoms with van der Waals surface area (Å²) in [5, 5.41) is 12.1. The second kappa shape index (κ2) is 6.27. The van der Waals surface area contributed by atoms with E-state index in [4.69, 9.17) is 16.4 Å². The Balaban J connectivity index is 2.95. The van der Waals surface area contributed by atoms with Crippen molar-refractivity contribution in [2.75, 3.05) is 12.3 Å². The van der Waals surface area contributed by atoms with E-state index in [0.717, 1.165) is 12.1 Å². The fourth-order valence-corrected chi connectivity index (χ4v) is 1.34. The average Bonchev–Trinajstić information content (AvgIpc) is 2.32. The average molecular weight is 250 g/mol. The van der Waals surface area contributed by atoms with Gasteiger partial charge in [-0.05, 0) is 24.1 Å². The number of nitrogens with zero attached hydrogens (tertiary/aromatic N) is 3. The van der Waals surface area contributed by atoms with E-state index in [9.17, 15) is 9.18 Å². The number of rotatable bonds is 5. The van der Waals surface area contributed by atoms with Gasteiger partial charge in [0.15, 0.2) is 0 Å². The molecular formula is C11H11FN4O2. The number of carbonyl (C=O) groups is 1. The molecule has 18 heavy (non-hydrogen) atoms. The van der Waals surface area contributed by atoms with Crippen LogP contribution in [0.25, 0.3) is 16.5 Å². The molecule has 0 bridgehead atoms. The number of hydrogen-bond acceptors (Lipinski definition) is 3. The molecule has 1 aromatic rings. The summed E-state index contributed by atoms with van der Waals surface area (Å²) in [4.78, 5) is 13.4. The number of nitrogen functional groups attached to an aromatic ring is 1. The molecule has 0 saturated heterocycles. The first-order valence-electron chi connectivity index (χ1n) is 5.06. The largest absolute Gasteiger partial charge is 0.478 e. The fourth-order valence-electron chi connectivity index (χ4n) is 1.34. The monoisotopic (exact) mass is 250 g/mol. The molecule has 7 heteroatoms. The van der Waals surface area contributed by atoms with Crippen molar-refractivity contribution in [1.82, 2.24) is 0 Å². The topological polar surface area (TPSA) is 112 Å². The molecule has 0 aliphatic rings. The second-order valence-electron chi connectivity index (χ2n) is 3.41. The standard InChI is InChI=1S/C11H11FN4O2/c12-8-5-7(3-1-2-4-15-16-14)10(13)9(6-8)11(17)18/h1,3,5-6H,2,4,13H2,(H,17,18). The lowest BCUT2D eigenvalue weighted by Crippen LogP contribution is -2.05. The van der Waals surface area contributed by atoms with Crippen LogP contribution in [0.5, 0.6) is 0 Å². The quantitative estimate of drug-likeness (QED) is 0.275. The van der Waals surface area contributed by atoms with Gasteiger partial charge in [0, 0.05) is 17.0 Å². The van der Waals surface area contributed by atoms with E-state index >= 15 is 0 Å². The van der Waals surface area contributed by atoms with Gasteiger partial charge in [0.2, 0.25) is 0 Å². The molecule has 0 amide bonds. The molecule has 0 heterocycles. The van der Waals surface area contributed by atoms with E-state index in [0.29, 0.717) is 6.42 Å². The van der Waals surface area contributed by atoms with Crippen LogP contribution >= 0.6 is 0 Å². The summed E-state index contributed by atoms with van der Waals surface area (Å²) in [7, 11) is 0. The second-order valence-corrected chi connectivity index (χ2v) is 3.41. The molecule has 1 aromatic carbocycles. The number of carboxylic acid groups (broad SMARTS) is 1. The summed E-state index contributed by atoms with van der Waals surface area (Å²) in [5.41, 5.74) is 13.7. The molecular weight excluding hydrogens is 239 g/mol. The van der Waals surface area contributed by atoms with Gasteiger partial charge in [-0.2, -0.15) is 0 Å². The Kier molecular flexibility index (Phi) is 4.71. The molecule has 3 N–H and O–H groups in total. The van der Waals surface area contributed by atoms with Crippen molar-refractivity contribution in [3.8, 4) is 0 Å². The minimum Gasteiger partial charge on any atom is -0.478 e. The van der Waals surface area contributed by atoms with E-state index in [-0.39, 0.29) is 23.4 Å². The highest BCUT2D eigenvalue weighted by molar-refractivity contribution is 5.95. The highest BCUT2D eigenvalue weighted by Gasteiger charge is 2.12. The Hall–Kier alpha value is -2.53. The van der Waals surface area contributed by atoms with Crippen molar-refractivity contribution < 1.29 is 14.3 Å². The molecule has 0 spiro atoms. The van der Waals surface area contributed by atoms with Crippen LogP contribution in [0.15, 0.2) is 23.3 Å². The van der Waals surface area contributed by atoms with Crippen LogP contribution in [-0.4, -0.2) is 17.6 Å². The Morgan fingerprint density at radius 2 is 2.33 bits per heavy atom. The summed E-state index contributed by atoms with van der Waals surface area (Å²) in [6.07, 6.45) is 3.59. The maximum atomic E-state index is 13.2. The third-order valence-corrected chi connectivity index (χ3v) is 2.16. The zero-order valence-electron chi connectivity index (χ0n) is 9.38. The Labute approximate surface area is 102 Å². The van der Waals surface area contributed by atoms with E-state index in [2.05, 4.69) is 10.0 Å². The zero-order chi connectivity index (χ0) is 13.5. The lowest BCUT2D eigenvalue weighted by Gasteiger charge is -2.05. The molecule has 0 aliphatic carbocycles. The predicted octanol–water partition coefficient (Wildman–Crippen LogP) is 2.82. The third-order valence-electron chi connectivity index (χ3n) is 2.16. The zero-order valence-corrected chi connectivity index (χ0v) is 9.38. The maximum absolute atomic E-state index is 13.2. The summed E-state index contributed by atoms with van der Waals surface area (Å²) in [6, 6.07) is 2.01. The molecule has 0 unspecified atom stereocenters. The van der Waals surface area contributed by atoms with Crippen LogP contribution in [0.1, 0.15) is 22.3 Å². The fraction of sp³-hybridized carbons (Fsp3) is 0.182. The number of azide groups is 1. The number of anilines is 1. The SMILES string of the molecule is [N-]=[N+]=NCCC=Cc1cc(F)cc(C(=O)O)c1N. The Morgan fingerprint density at radius 3 is 2.94 bits per heavy atom. The summed E-state index contributed by atoms with van der Waals surface area (Å²) >= 11 is 0. The van der Waals surface area contributed by atoms with Gasteiger partial charge >= 0.3 is 5.97 Å². The van der Waals surface area contributed by atoms with Gasteiger partial charge in [-0.25, -0.2) is 9.18 Å². The van der Waals surface area contributed by atoms with Gasteiger partial charge in [0.1, 0.15) is 5.82 Å². The lowest BCUT2D eigenvalue weighted by atomic mass is 10.1. The van der Waals surface area contributed by atoms with Crippen molar-refractivity contribution in [3.63, 3.8) is 0 Å². The van der Waals surface area contributed by atoms with Crippen LogP contribution in [0.3, 0.4) is 0 Å². The molecule has 0 aliphatic heterocycles. The highest BCUT2D eigenvalue weighted by Crippen LogP contribution is 2.21. The minimum atomic E-state index is -1.28. The lowest BCUT2D eigenvalue weighted by molar-refractivity contribution is 0.0697. The van der Waals surface area contributed by atoms with Crippen molar-refractivity contribution in [1.29, 1.82) is 0 Å². The van der Waals surface area contributed by atoms with Gasteiger partial charge in [-0.15, -0.1) is 0 Å². The number of nitrogens with two attached hydrogens (primary N) is 1. The van der Waals surface area contributed by atoms with Crippen molar-refractivity contribution in [2.24, 2.45) is 5.11 Å². The first-order chi connectivity index (χ1) is 8.56. The predicted molar refractivity (Wildman–Crippen MR) is 65.4 cm³/mol. The maximum Gasteiger partial charge on any atom is 0.337 e. The number of aromatic carboxylic acids is 1. The molecule has 0 saturated carbocycles. The molecule has 0 aromatic heterocycles. The smallest absolute Gasteiger partial charge is 0.337 e. The molecule has 6 nitrogen and oxygen atoms in total. The summed E-state index contributed by atoms with van der Waals surface area (Å²) < 4.78 is 13.2. The van der Waals surface area contributed by atoms with E-state index in [1.807, 2.05) is 0 Å². The number of hydrogen-bond donors (Lipinski definition) is 2. The molecule has 1 rings (SSSR count). The van der Waals surface area contributed by atoms with Gasteiger partial charge in [0.05, 0.1) is 11.3 Å². The van der Waals surface area contributed by atoms with Crippen LogP contribution in [0.2, 0.25) is 0 Å². The Morgan fingerprint density at radius 1 is 1.61 bits per heavy atom. The van der Waals surface area contributed by atoms with Crippen molar-refractivity contribution in [2.45, 2.75) is 6.42 Å². The highest BCUT2D eigenvalue weighted by atomic mass is 19.1.